The third kappa shape index (κ3) is 5.18. The average Bonchev–Trinajstić information content (AvgIpc) is 3.23. The van der Waals surface area contributed by atoms with Gasteiger partial charge in [0.25, 0.3) is 5.91 Å². The zero-order chi connectivity index (χ0) is 21.5. The SMILES string of the molecule is O=C(CSc1nnc(-c2ccccc2)n1-c1ccccc1)N/N=C/c1cccc(O)c1. The lowest BCUT2D eigenvalue weighted by Gasteiger charge is -2.10. The van der Waals surface area contributed by atoms with Crippen molar-refractivity contribution in [1.29, 1.82) is 0 Å². The first-order chi connectivity index (χ1) is 15.2. The van der Waals surface area contributed by atoms with Crippen LogP contribution in [0.15, 0.2) is 95.2 Å². The van der Waals surface area contributed by atoms with Crippen molar-refractivity contribution in [2.24, 2.45) is 5.10 Å². The highest BCUT2D eigenvalue weighted by Gasteiger charge is 2.16. The van der Waals surface area contributed by atoms with Crippen LogP contribution in [-0.4, -0.2) is 37.7 Å². The Balaban J connectivity index is 1.48. The van der Waals surface area contributed by atoms with E-state index in [9.17, 15) is 9.90 Å². The van der Waals surface area contributed by atoms with E-state index in [0.29, 0.717) is 16.5 Å². The molecular weight excluding hydrogens is 410 g/mol. The number of phenols is 1. The van der Waals surface area contributed by atoms with Crippen molar-refractivity contribution in [2.45, 2.75) is 5.16 Å². The van der Waals surface area contributed by atoms with Crippen molar-refractivity contribution in [2.75, 3.05) is 5.75 Å². The normalized spacial score (nSPS) is 11.0. The maximum absolute atomic E-state index is 12.2. The van der Waals surface area contributed by atoms with Crippen LogP contribution in [0, 0.1) is 0 Å². The summed E-state index contributed by atoms with van der Waals surface area (Å²) >= 11 is 1.28. The minimum absolute atomic E-state index is 0.122. The lowest BCUT2D eigenvalue weighted by molar-refractivity contribution is -0.118. The predicted molar refractivity (Wildman–Crippen MR) is 121 cm³/mol. The molecule has 0 fully saturated rings. The summed E-state index contributed by atoms with van der Waals surface area (Å²) in [6.07, 6.45) is 1.47. The summed E-state index contributed by atoms with van der Waals surface area (Å²) in [6, 6.07) is 26.2. The van der Waals surface area contributed by atoms with Gasteiger partial charge in [0.05, 0.1) is 12.0 Å². The number of hydrazone groups is 1. The van der Waals surface area contributed by atoms with Gasteiger partial charge in [0.1, 0.15) is 5.75 Å². The molecule has 0 atom stereocenters. The molecular formula is C23H19N5O2S. The Morgan fingerprint density at radius 1 is 1.00 bits per heavy atom. The fourth-order valence-corrected chi connectivity index (χ4v) is 3.64. The zero-order valence-corrected chi connectivity index (χ0v) is 17.2. The molecule has 0 aliphatic carbocycles. The maximum Gasteiger partial charge on any atom is 0.250 e. The van der Waals surface area contributed by atoms with Gasteiger partial charge in [0.15, 0.2) is 11.0 Å². The van der Waals surface area contributed by atoms with Crippen LogP contribution in [0.3, 0.4) is 0 Å². The Bertz CT molecular complexity index is 1190. The topological polar surface area (TPSA) is 92.4 Å². The molecule has 7 nitrogen and oxygen atoms in total. The van der Waals surface area contributed by atoms with Crippen LogP contribution in [0.5, 0.6) is 5.75 Å². The summed E-state index contributed by atoms with van der Waals surface area (Å²) in [5.74, 6) is 0.694. The van der Waals surface area contributed by atoms with Crippen molar-refractivity contribution in [3.8, 4) is 22.8 Å². The largest absolute Gasteiger partial charge is 0.508 e. The van der Waals surface area contributed by atoms with Gasteiger partial charge in [0.2, 0.25) is 0 Å². The second kappa shape index (κ2) is 9.73. The number of amides is 1. The van der Waals surface area contributed by atoms with Crippen LogP contribution in [0.4, 0.5) is 0 Å². The molecule has 4 aromatic rings. The summed E-state index contributed by atoms with van der Waals surface area (Å²) in [7, 11) is 0. The van der Waals surface area contributed by atoms with E-state index in [1.54, 1.807) is 24.3 Å². The van der Waals surface area contributed by atoms with Gasteiger partial charge < -0.3 is 5.11 Å². The van der Waals surface area contributed by atoms with Crippen molar-refractivity contribution < 1.29 is 9.90 Å². The van der Waals surface area contributed by atoms with Crippen molar-refractivity contribution in [3.05, 3.63) is 90.5 Å². The monoisotopic (exact) mass is 429 g/mol. The molecule has 0 spiro atoms. The van der Waals surface area contributed by atoms with E-state index >= 15 is 0 Å². The van der Waals surface area contributed by atoms with Gasteiger partial charge in [-0.2, -0.15) is 5.10 Å². The van der Waals surface area contributed by atoms with Gasteiger partial charge in [-0.3, -0.25) is 9.36 Å². The maximum atomic E-state index is 12.2. The quantitative estimate of drug-likeness (QED) is 0.264. The predicted octanol–water partition coefficient (Wildman–Crippen LogP) is 3.88. The summed E-state index contributed by atoms with van der Waals surface area (Å²) in [4.78, 5) is 12.2. The smallest absolute Gasteiger partial charge is 0.250 e. The Hall–Kier alpha value is -3.91. The summed E-state index contributed by atoms with van der Waals surface area (Å²) < 4.78 is 1.93. The number of aromatic hydroxyl groups is 1. The molecule has 2 N–H and O–H groups in total. The van der Waals surface area contributed by atoms with E-state index in [1.807, 2.05) is 65.2 Å². The highest BCUT2D eigenvalue weighted by molar-refractivity contribution is 7.99. The number of hydrogen-bond acceptors (Lipinski definition) is 6. The molecule has 0 saturated carbocycles. The minimum atomic E-state index is -0.273. The van der Waals surface area contributed by atoms with E-state index in [2.05, 4.69) is 20.7 Å². The average molecular weight is 430 g/mol. The van der Waals surface area contributed by atoms with Crippen molar-refractivity contribution in [1.82, 2.24) is 20.2 Å². The van der Waals surface area contributed by atoms with Gasteiger partial charge in [-0.25, -0.2) is 5.43 Å². The Labute approximate surface area is 183 Å². The van der Waals surface area contributed by atoms with Crippen LogP contribution >= 0.6 is 11.8 Å². The first-order valence-electron chi connectivity index (χ1n) is 9.51. The highest BCUT2D eigenvalue weighted by atomic mass is 32.2. The lowest BCUT2D eigenvalue weighted by Crippen LogP contribution is -2.20. The van der Waals surface area contributed by atoms with E-state index in [-0.39, 0.29) is 17.4 Å². The highest BCUT2D eigenvalue weighted by Crippen LogP contribution is 2.27. The van der Waals surface area contributed by atoms with Crippen LogP contribution in [0.1, 0.15) is 5.56 Å². The molecule has 1 aromatic heterocycles. The first kappa shape index (κ1) is 20.4. The number of phenolic OH excluding ortho intramolecular Hbond substituents is 1. The number of carbonyl (C=O) groups excluding carboxylic acids is 1. The number of thioether (sulfide) groups is 1. The van der Waals surface area contributed by atoms with E-state index < -0.39 is 0 Å². The number of hydrogen-bond donors (Lipinski definition) is 2. The number of nitrogens with zero attached hydrogens (tertiary/aromatic N) is 4. The first-order valence-corrected chi connectivity index (χ1v) is 10.5. The zero-order valence-electron chi connectivity index (χ0n) is 16.4. The van der Waals surface area contributed by atoms with E-state index in [1.165, 1.54) is 18.0 Å². The summed E-state index contributed by atoms with van der Waals surface area (Å²) in [5.41, 5.74) is 5.02. The van der Waals surface area contributed by atoms with Crippen LogP contribution in [0.2, 0.25) is 0 Å². The van der Waals surface area contributed by atoms with Crippen molar-refractivity contribution in [3.63, 3.8) is 0 Å². The molecule has 4 rings (SSSR count). The molecule has 1 heterocycles. The van der Waals surface area contributed by atoms with E-state index in [4.69, 9.17) is 0 Å². The second-order valence-electron chi connectivity index (χ2n) is 6.52. The van der Waals surface area contributed by atoms with Gasteiger partial charge in [0, 0.05) is 11.3 Å². The molecule has 3 aromatic carbocycles. The number of aromatic nitrogens is 3. The molecule has 31 heavy (non-hydrogen) atoms. The molecule has 0 saturated heterocycles. The number of benzene rings is 3. The minimum Gasteiger partial charge on any atom is -0.508 e. The van der Waals surface area contributed by atoms with Gasteiger partial charge in [-0.05, 0) is 29.8 Å². The Morgan fingerprint density at radius 3 is 2.48 bits per heavy atom. The van der Waals surface area contributed by atoms with Crippen molar-refractivity contribution >= 4 is 23.9 Å². The van der Waals surface area contributed by atoms with Crippen LogP contribution in [0.25, 0.3) is 17.1 Å². The number of nitrogens with one attached hydrogen (secondary N) is 1. The summed E-state index contributed by atoms with van der Waals surface area (Å²) in [6.45, 7) is 0. The number of carbonyl (C=O) groups is 1. The molecule has 0 aliphatic heterocycles. The standard InChI is InChI=1S/C23H19N5O2S/c29-20-13-7-8-17(14-20)15-24-25-21(30)16-31-23-27-26-22(18-9-3-1-4-10-18)28(23)19-11-5-2-6-12-19/h1-15,29H,16H2,(H,25,30)/b24-15+. The molecule has 0 radical (unpaired) electrons. The molecule has 0 aliphatic rings. The fraction of sp³-hybridized carbons (Fsp3) is 0.0435. The third-order valence-electron chi connectivity index (χ3n) is 4.29. The van der Waals surface area contributed by atoms with Gasteiger partial charge in [-0.15, -0.1) is 10.2 Å². The summed E-state index contributed by atoms with van der Waals surface area (Å²) in [5, 5.41) is 22.7. The number of rotatable bonds is 7. The van der Waals surface area contributed by atoms with Crippen LogP contribution in [-0.2, 0) is 4.79 Å². The van der Waals surface area contributed by atoms with E-state index in [0.717, 1.165) is 11.3 Å². The molecule has 8 heteroatoms. The van der Waals surface area contributed by atoms with Gasteiger partial charge >= 0.3 is 0 Å². The Kier molecular flexibility index (Phi) is 6.39. The second-order valence-corrected chi connectivity index (χ2v) is 7.46. The lowest BCUT2D eigenvalue weighted by atomic mass is 10.2. The molecule has 0 bridgehead atoms. The van der Waals surface area contributed by atoms with Crippen LogP contribution < -0.4 is 5.43 Å². The third-order valence-corrected chi connectivity index (χ3v) is 5.21. The molecule has 0 unspecified atom stereocenters. The molecule has 1 amide bonds. The number of para-hydroxylation sites is 1. The van der Waals surface area contributed by atoms with Gasteiger partial charge in [-0.1, -0.05) is 72.4 Å². The molecule has 154 valence electrons. The Morgan fingerprint density at radius 2 is 1.74 bits per heavy atom. The fourth-order valence-electron chi connectivity index (χ4n) is 2.89.